The number of nitrogens with zero attached hydrogens (tertiary/aromatic N) is 10. The molecule has 0 saturated carbocycles. The third kappa shape index (κ3) is 28.8. The summed E-state index contributed by atoms with van der Waals surface area (Å²) in [7, 11) is 0.628. The summed E-state index contributed by atoms with van der Waals surface area (Å²) in [5, 5.41) is 34.1. The Bertz CT molecular complexity index is 4630. The van der Waals surface area contributed by atoms with Gasteiger partial charge in [0.25, 0.3) is 0 Å². The fraction of sp³-hybridized carbons (Fsp3) is 0.364. The van der Waals surface area contributed by atoms with Gasteiger partial charge in [-0.2, -0.15) is 10.5 Å². The maximum atomic E-state index is 12.5. The summed E-state index contributed by atoms with van der Waals surface area (Å²) in [5.74, 6) is -0.199. The van der Waals surface area contributed by atoms with Crippen LogP contribution in [-0.4, -0.2) is 131 Å². The Kier molecular flexibility index (Phi) is 41.9. The number of nitrogens with two attached hydrogens (primary N) is 1. The molecule has 2 fully saturated rings. The topological polar surface area (TPSA) is 296 Å². The van der Waals surface area contributed by atoms with Crippen molar-refractivity contribution in [3.05, 3.63) is 163 Å². The number of pyridine rings is 2. The van der Waals surface area contributed by atoms with Crippen molar-refractivity contribution in [1.82, 2.24) is 30.6 Å². The molecular weight excluding hydrogens is 1970 g/mol. The van der Waals surface area contributed by atoms with Crippen LogP contribution in [0.3, 0.4) is 0 Å². The normalized spacial score (nSPS) is 12.9. The zero-order valence-electron chi connectivity index (χ0n) is 62.2. The minimum absolute atomic E-state index is 0. The molecule has 4 atom stereocenters. The molecule has 10 rings (SSSR count). The number of carbonyl (C=O) groups is 5. The van der Waals surface area contributed by atoms with Gasteiger partial charge in [-0.1, -0.05) is 125 Å². The monoisotopic (exact) mass is 2050 g/mol. The molecule has 4 aromatic carbocycles. The number of carbonyl (C=O) groups excluding carboxylic acids is 5. The Labute approximate surface area is 734 Å². The van der Waals surface area contributed by atoms with Gasteiger partial charge in [0.05, 0.1) is 48.1 Å². The number of rotatable bonds is 28. The van der Waals surface area contributed by atoms with E-state index in [1.165, 1.54) is 55.6 Å². The van der Waals surface area contributed by atoms with E-state index in [0.717, 1.165) is 84.4 Å². The van der Waals surface area contributed by atoms with Gasteiger partial charge >= 0.3 is 67.3 Å². The number of ether oxygens (including phenoxy) is 5. The van der Waals surface area contributed by atoms with Crippen LogP contribution in [0, 0.1) is 41.7 Å². The molecule has 0 spiro atoms. The molecule has 2 aliphatic rings. The number of esters is 3. The number of halogens is 7. The van der Waals surface area contributed by atoms with E-state index in [2.05, 4.69) is 105 Å². The van der Waals surface area contributed by atoms with E-state index in [1.807, 2.05) is 64.2 Å². The Hall–Kier alpha value is -6.46. The van der Waals surface area contributed by atoms with Crippen LogP contribution in [0.4, 0.5) is 23.0 Å². The number of anilines is 2. The third-order valence-electron chi connectivity index (χ3n) is 16.2. The van der Waals surface area contributed by atoms with Gasteiger partial charge in [-0.3, -0.25) is 14.4 Å². The molecule has 35 heteroatoms. The fourth-order valence-electron chi connectivity index (χ4n) is 10.9. The molecule has 8 aromatic rings. The van der Waals surface area contributed by atoms with Crippen LogP contribution in [0.1, 0.15) is 103 Å². The summed E-state index contributed by atoms with van der Waals surface area (Å²) in [6, 6.07) is 31.4. The number of aromatic nitrogens is 4. The molecule has 0 bridgehead atoms. The Morgan fingerprint density at radius 2 is 0.964 bits per heavy atom. The number of nitriles is 2. The molecule has 2 aliphatic heterocycles. The van der Waals surface area contributed by atoms with Crippen LogP contribution in [0.25, 0.3) is 53.1 Å². The Balaban J connectivity index is 0.000000375. The van der Waals surface area contributed by atoms with E-state index < -0.39 is 59.4 Å². The summed E-state index contributed by atoms with van der Waals surface area (Å²) in [6.45, 7) is 30.8. The summed E-state index contributed by atoms with van der Waals surface area (Å²) in [6.07, 6.45) is 3.88. The first-order valence-corrected chi connectivity index (χ1v) is 50.1. The Morgan fingerprint density at radius 1 is 0.607 bits per heavy atom. The first-order chi connectivity index (χ1) is 52.8. The molecule has 4 N–H and O–H groups in total. The van der Waals surface area contributed by atoms with Crippen LogP contribution in [0.15, 0.2) is 118 Å². The number of thioether (sulfide) groups is 2. The van der Waals surface area contributed by atoms with Crippen molar-refractivity contribution in [3.63, 3.8) is 0 Å². The van der Waals surface area contributed by atoms with Gasteiger partial charge in [0.1, 0.15) is 99.5 Å². The van der Waals surface area contributed by atoms with Gasteiger partial charge in [-0.15, -0.1) is 47.5 Å². The third-order valence-corrected chi connectivity index (χ3v) is 20.6. The van der Waals surface area contributed by atoms with Gasteiger partial charge in [-0.05, 0) is 132 Å². The number of benzene rings is 4. The van der Waals surface area contributed by atoms with E-state index in [-0.39, 0.29) is 57.7 Å². The predicted octanol–water partition coefficient (Wildman–Crippen LogP) is 18.9. The minimum atomic E-state index is -0.934. The molecule has 0 aliphatic carbocycles. The quantitative estimate of drug-likeness (QED) is 0.00780. The zero-order chi connectivity index (χ0) is 80.0. The number of thiazole rings is 2. The summed E-state index contributed by atoms with van der Waals surface area (Å²) >= 11 is 24.9. The van der Waals surface area contributed by atoms with E-state index in [4.69, 9.17) is 85.7 Å². The molecule has 0 unspecified atom stereocenters. The van der Waals surface area contributed by atoms with E-state index in [0.29, 0.717) is 109 Å². The molecule has 2 amide bonds. The Morgan fingerprint density at radius 3 is 1.30 bits per heavy atom. The molecule has 593 valence electrons. The molecule has 6 heterocycles. The van der Waals surface area contributed by atoms with Crippen LogP contribution in [-0.2, 0) is 59.2 Å². The van der Waals surface area contributed by atoms with Gasteiger partial charge in [0, 0.05) is 86.7 Å². The van der Waals surface area contributed by atoms with Crippen LogP contribution >= 0.6 is 157 Å². The van der Waals surface area contributed by atoms with Crippen molar-refractivity contribution in [2.24, 2.45) is 11.7 Å². The zero-order valence-corrected chi connectivity index (χ0v) is 76.5. The van der Waals surface area contributed by atoms with Crippen molar-refractivity contribution in [1.29, 1.82) is 10.5 Å². The molecule has 2 saturated heterocycles. The summed E-state index contributed by atoms with van der Waals surface area (Å²) in [4.78, 5) is 94.5. The average molecular weight is 2050 g/mol. The van der Waals surface area contributed by atoms with E-state index in [1.54, 1.807) is 87.6 Å². The van der Waals surface area contributed by atoms with Gasteiger partial charge in [0.15, 0.2) is 0 Å². The second kappa shape index (κ2) is 48.8. The molecule has 4 aromatic heterocycles. The van der Waals surface area contributed by atoms with Crippen LogP contribution < -0.4 is 35.6 Å². The molecule has 0 radical (unpaired) electrons. The number of hydrogen-bond donors (Lipinski definition) is 3. The first-order valence-electron chi connectivity index (χ1n) is 34.4. The molecular formula is C77H82Cl4I3N13O10S4V. The number of alkyl halides is 1. The maximum absolute atomic E-state index is 12.5. The van der Waals surface area contributed by atoms with Crippen molar-refractivity contribution in [3.8, 4) is 67.0 Å². The van der Waals surface area contributed by atoms with Gasteiger partial charge in [0.2, 0.25) is 23.2 Å². The van der Waals surface area contributed by atoms with Crippen molar-refractivity contribution in [2.75, 3.05) is 67.3 Å². The standard InChI is InChI=1S/C41H43ClN6O6S2.C35H34ClN7O4S2.CH3I.2ClH.2HI.V/c1-25(21-33(49)54-41(3,4)5)37(50)45-26(2)40(51)53-20-19-52-31-15-11-27(12-16-31)34-32(22-43)39(47-36(35(34)44-6)48-17-7-8-18-48)56-24-30-23-55-38(46-30)28-9-13-29(42)14-10-28;1-21(38)32(44)40-22(2)35(45)47-17-16-46-27-12-8-23(9-13-27)29-28(18-37)34(42-31(30(29)39-3)43-14-4-5-15-43)49-20-26-19-48-33(41-26)24-6-10-25(36)11-7-24;1-2;;;;;/h9-16,23,25-26H,7-8,17-21,24H2,1-5H3,(H,45,50);6-13,19,21-22H,4-5,14-17,20,38H2,1-2H3,(H,40,44);1H3;4*1H;/q;;;;;;;+2/p-2/t25-,26+;21-,22-;;;;;;/m10....../s1. The fourth-order valence-corrected chi connectivity index (χ4v) is 14.8. The van der Waals surface area contributed by atoms with E-state index >= 15 is 0 Å². The van der Waals surface area contributed by atoms with Crippen molar-refractivity contribution in [2.45, 2.75) is 126 Å². The van der Waals surface area contributed by atoms with Gasteiger partial charge < -0.3 is 49.9 Å². The van der Waals surface area contributed by atoms with Crippen molar-refractivity contribution >= 4 is 209 Å². The van der Waals surface area contributed by atoms with E-state index in [9.17, 15) is 34.5 Å². The predicted molar refractivity (Wildman–Crippen MR) is 472 cm³/mol. The average Bonchev–Trinajstić information content (AvgIpc) is 1.10. The number of hydrogen-bond acceptors (Lipinski definition) is 23. The molecule has 112 heavy (non-hydrogen) atoms. The van der Waals surface area contributed by atoms with Crippen LogP contribution in [0.5, 0.6) is 11.5 Å². The second-order valence-corrected chi connectivity index (χ2v) is 41.8. The molecule has 23 nitrogen and oxygen atoms in total. The second-order valence-electron chi connectivity index (χ2n) is 25.5. The summed E-state index contributed by atoms with van der Waals surface area (Å²) < 4.78 is 27.4. The summed E-state index contributed by atoms with van der Waals surface area (Å²) in [5.41, 5.74) is 12.2. The van der Waals surface area contributed by atoms with Gasteiger partial charge in [-0.25, -0.2) is 39.2 Å². The number of amides is 2. The van der Waals surface area contributed by atoms with Crippen molar-refractivity contribution < 1.29 is 57.1 Å². The first kappa shape index (κ1) is 96.1. The van der Waals surface area contributed by atoms with Crippen LogP contribution in [0.2, 0.25) is 10.0 Å². The SMILES string of the molecule is CI.Cl.Cl.[C-]#[N+]c1c(N2CCCC2)nc(SCc2csc(-c3ccc(Cl)cc3)n2)c(C#N)c1-c1ccc(OCCOC(=O)[C@H](C)NC(=O)[C@H](C)CC(=O)OC(C)(C)C)cc1.[C-]#[N+]c1c(N2CCCC2)nc(SCc2csc(-c3ccc(Cl)cc3)n2)c(C#N)c1-c1ccc(OCCOC(=O)[C@H](C)NC(=O)[C@H](C)N)cc1.[I][V][I]. The number of nitrogens with one attached hydrogen (secondary N) is 2.